The number of anilines is 1. The van der Waals surface area contributed by atoms with Crippen LogP contribution in [-0.4, -0.2) is 6.54 Å². The van der Waals surface area contributed by atoms with Crippen molar-refractivity contribution in [3.05, 3.63) is 29.6 Å². The van der Waals surface area contributed by atoms with E-state index in [-0.39, 0.29) is 5.82 Å². The number of aryl methyl sites for hydroxylation is 1. The van der Waals surface area contributed by atoms with E-state index < -0.39 is 0 Å². The number of hydrogen-bond acceptors (Lipinski definition) is 2. The molecular formula is C10H11FN2. The molecular weight excluding hydrogens is 167 g/mol. The highest BCUT2D eigenvalue weighted by Gasteiger charge is 2.02. The predicted molar refractivity (Wildman–Crippen MR) is 49.9 cm³/mol. The minimum atomic E-state index is -0.266. The fourth-order valence-corrected chi connectivity index (χ4v) is 1.10. The molecule has 0 atom stereocenters. The Labute approximate surface area is 77.0 Å². The highest BCUT2D eigenvalue weighted by molar-refractivity contribution is 5.51. The van der Waals surface area contributed by atoms with Crippen LogP contribution in [-0.2, 0) is 0 Å². The summed E-state index contributed by atoms with van der Waals surface area (Å²) < 4.78 is 13.1. The number of nitrogens with zero attached hydrogens (tertiary/aromatic N) is 1. The SMILES string of the molecule is Cc1cccc(F)c1NCCC#N. The summed E-state index contributed by atoms with van der Waals surface area (Å²) >= 11 is 0. The number of hydrogen-bond donors (Lipinski definition) is 1. The fourth-order valence-electron chi connectivity index (χ4n) is 1.10. The lowest BCUT2D eigenvalue weighted by molar-refractivity contribution is 0.629. The standard InChI is InChI=1S/C10H11FN2/c1-8-4-2-5-9(11)10(8)13-7-3-6-12/h2,4-5,13H,3,7H2,1H3. The molecule has 1 rings (SSSR count). The maximum Gasteiger partial charge on any atom is 0.146 e. The lowest BCUT2D eigenvalue weighted by Gasteiger charge is -2.08. The second-order valence-electron chi connectivity index (χ2n) is 2.77. The zero-order valence-corrected chi connectivity index (χ0v) is 7.47. The lowest BCUT2D eigenvalue weighted by Crippen LogP contribution is -2.04. The Bertz CT molecular complexity index is 308. The Hall–Kier alpha value is -1.56. The third-order valence-corrected chi connectivity index (χ3v) is 1.76. The van der Waals surface area contributed by atoms with E-state index in [2.05, 4.69) is 5.32 Å². The Morgan fingerprint density at radius 2 is 2.31 bits per heavy atom. The molecule has 0 aromatic heterocycles. The minimum Gasteiger partial charge on any atom is -0.381 e. The summed E-state index contributed by atoms with van der Waals surface area (Å²) in [6.07, 6.45) is 0.383. The van der Waals surface area contributed by atoms with E-state index in [1.54, 1.807) is 6.07 Å². The van der Waals surface area contributed by atoms with E-state index in [1.807, 2.05) is 19.1 Å². The number of rotatable bonds is 3. The van der Waals surface area contributed by atoms with Crippen molar-refractivity contribution in [2.24, 2.45) is 0 Å². The summed E-state index contributed by atoms with van der Waals surface area (Å²) in [5, 5.41) is 11.2. The first-order chi connectivity index (χ1) is 6.25. The van der Waals surface area contributed by atoms with Crippen molar-refractivity contribution in [2.45, 2.75) is 13.3 Å². The van der Waals surface area contributed by atoms with E-state index in [4.69, 9.17) is 5.26 Å². The smallest absolute Gasteiger partial charge is 0.146 e. The predicted octanol–water partition coefficient (Wildman–Crippen LogP) is 2.46. The van der Waals surface area contributed by atoms with Crippen LogP contribution in [0.15, 0.2) is 18.2 Å². The third-order valence-electron chi connectivity index (χ3n) is 1.76. The van der Waals surface area contributed by atoms with Crippen molar-refractivity contribution >= 4 is 5.69 Å². The monoisotopic (exact) mass is 178 g/mol. The van der Waals surface area contributed by atoms with Gasteiger partial charge in [-0.25, -0.2) is 4.39 Å². The van der Waals surface area contributed by atoms with Gasteiger partial charge in [-0.15, -0.1) is 0 Å². The van der Waals surface area contributed by atoms with E-state index in [0.29, 0.717) is 18.7 Å². The van der Waals surface area contributed by atoms with Gasteiger partial charge in [-0.3, -0.25) is 0 Å². The summed E-state index contributed by atoms with van der Waals surface area (Å²) in [6, 6.07) is 6.89. The van der Waals surface area contributed by atoms with Gasteiger partial charge >= 0.3 is 0 Å². The largest absolute Gasteiger partial charge is 0.381 e. The number of halogens is 1. The zero-order chi connectivity index (χ0) is 9.68. The molecule has 0 heterocycles. The van der Waals surface area contributed by atoms with Crippen molar-refractivity contribution in [1.82, 2.24) is 0 Å². The lowest BCUT2D eigenvalue weighted by atomic mass is 10.2. The van der Waals surface area contributed by atoms with Crippen molar-refractivity contribution < 1.29 is 4.39 Å². The molecule has 0 saturated heterocycles. The number of nitriles is 1. The summed E-state index contributed by atoms with van der Waals surface area (Å²) in [6.45, 7) is 2.32. The molecule has 0 aliphatic rings. The molecule has 2 nitrogen and oxygen atoms in total. The van der Waals surface area contributed by atoms with Crippen LogP contribution in [0.2, 0.25) is 0 Å². The van der Waals surface area contributed by atoms with Crippen LogP contribution in [0.25, 0.3) is 0 Å². The highest BCUT2D eigenvalue weighted by atomic mass is 19.1. The van der Waals surface area contributed by atoms with Gasteiger partial charge in [-0.1, -0.05) is 12.1 Å². The summed E-state index contributed by atoms with van der Waals surface area (Å²) in [5.41, 5.74) is 1.36. The average Bonchev–Trinajstić information content (AvgIpc) is 2.10. The van der Waals surface area contributed by atoms with Crippen LogP contribution in [0.4, 0.5) is 10.1 Å². The molecule has 0 saturated carbocycles. The molecule has 1 aromatic carbocycles. The first-order valence-corrected chi connectivity index (χ1v) is 4.11. The zero-order valence-electron chi connectivity index (χ0n) is 7.47. The summed E-state index contributed by atoms with van der Waals surface area (Å²) in [4.78, 5) is 0. The molecule has 0 spiro atoms. The molecule has 0 amide bonds. The molecule has 1 N–H and O–H groups in total. The Morgan fingerprint density at radius 1 is 1.54 bits per heavy atom. The maximum absolute atomic E-state index is 13.1. The van der Waals surface area contributed by atoms with Gasteiger partial charge in [0.05, 0.1) is 18.2 Å². The van der Waals surface area contributed by atoms with Crippen LogP contribution in [0.3, 0.4) is 0 Å². The normalized spacial score (nSPS) is 9.31. The first kappa shape index (κ1) is 9.53. The fraction of sp³-hybridized carbons (Fsp3) is 0.300. The topological polar surface area (TPSA) is 35.8 Å². The number of para-hydroxylation sites is 1. The van der Waals surface area contributed by atoms with Gasteiger partial charge in [0, 0.05) is 6.54 Å². The van der Waals surface area contributed by atoms with Gasteiger partial charge in [0.1, 0.15) is 5.82 Å². The van der Waals surface area contributed by atoms with Crippen molar-refractivity contribution in [3.8, 4) is 6.07 Å². The van der Waals surface area contributed by atoms with Crippen LogP contribution in [0.1, 0.15) is 12.0 Å². The number of benzene rings is 1. The Morgan fingerprint density at radius 3 is 2.92 bits per heavy atom. The van der Waals surface area contributed by atoms with Crippen LogP contribution >= 0.6 is 0 Å². The second-order valence-corrected chi connectivity index (χ2v) is 2.77. The molecule has 0 bridgehead atoms. The third kappa shape index (κ3) is 2.45. The molecule has 68 valence electrons. The van der Waals surface area contributed by atoms with Crippen LogP contribution in [0.5, 0.6) is 0 Å². The summed E-state index contributed by atoms with van der Waals surface area (Å²) in [5.74, 6) is -0.266. The van der Waals surface area contributed by atoms with Crippen molar-refractivity contribution in [3.63, 3.8) is 0 Å². The molecule has 0 fully saturated rings. The minimum absolute atomic E-state index is 0.266. The van der Waals surface area contributed by atoms with Crippen LogP contribution < -0.4 is 5.32 Å². The maximum atomic E-state index is 13.1. The van der Waals surface area contributed by atoms with Gasteiger partial charge in [0.2, 0.25) is 0 Å². The van der Waals surface area contributed by atoms with Gasteiger partial charge in [0.25, 0.3) is 0 Å². The van der Waals surface area contributed by atoms with E-state index in [9.17, 15) is 4.39 Å². The van der Waals surface area contributed by atoms with E-state index >= 15 is 0 Å². The Kier molecular flexibility index (Phi) is 3.27. The second kappa shape index (κ2) is 4.46. The van der Waals surface area contributed by atoms with Gasteiger partial charge < -0.3 is 5.32 Å². The van der Waals surface area contributed by atoms with Gasteiger partial charge in [0.15, 0.2) is 0 Å². The highest BCUT2D eigenvalue weighted by Crippen LogP contribution is 2.18. The summed E-state index contributed by atoms with van der Waals surface area (Å²) in [7, 11) is 0. The molecule has 1 aromatic rings. The van der Waals surface area contributed by atoms with Crippen molar-refractivity contribution in [1.29, 1.82) is 5.26 Å². The Balaban J connectivity index is 2.71. The van der Waals surface area contributed by atoms with Crippen LogP contribution in [0, 0.1) is 24.1 Å². The van der Waals surface area contributed by atoms with Gasteiger partial charge in [-0.05, 0) is 18.6 Å². The molecule has 3 heteroatoms. The van der Waals surface area contributed by atoms with Crippen molar-refractivity contribution in [2.75, 3.05) is 11.9 Å². The first-order valence-electron chi connectivity index (χ1n) is 4.11. The number of nitrogens with one attached hydrogen (secondary N) is 1. The average molecular weight is 178 g/mol. The quantitative estimate of drug-likeness (QED) is 0.721. The van der Waals surface area contributed by atoms with Gasteiger partial charge in [-0.2, -0.15) is 5.26 Å². The van der Waals surface area contributed by atoms with E-state index in [0.717, 1.165) is 5.56 Å². The molecule has 13 heavy (non-hydrogen) atoms. The molecule has 0 aliphatic carbocycles. The molecule has 0 radical (unpaired) electrons. The molecule has 0 unspecified atom stereocenters. The molecule has 0 aliphatic heterocycles. The van der Waals surface area contributed by atoms with E-state index in [1.165, 1.54) is 6.07 Å².